The molecule has 2 aromatic carbocycles. The molecule has 0 spiro atoms. The lowest BCUT2D eigenvalue weighted by atomic mass is 9.87. The molecule has 0 bridgehead atoms. The molecule has 0 radical (unpaired) electrons. The smallest absolute Gasteiger partial charge is 0.123 e. The Kier molecular flexibility index (Phi) is 7.17. The Bertz CT molecular complexity index is 593. The largest absolute Gasteiger partial charge is 0.207 e. The van der Waals surface area contributed by atoms with Crippen LogP contribution in [0.25, 0.3) is 0 Å². The maximum Gasteiger partial charge on any atom is 0.123 e. The molecule has 2 rings (SSSR count). The lowest BCUT2D eigenvalue weighted by Gasteiger charge is -2.17. The predicted octanol–water partition coefficient (Wildman–Crippen LogP) is 7.01. The van der Waals surface area contributed by atoms with Crippen molar-refractivity contribution in [2.24, 2.45) is 0 Å². The van der Waals surface area contributed by atoms with Crippen molar-refractivity contribution in [1.82, 2.24) is 0 Å². The van der Waals surface area contributed by atoms with E-state index in [1.165, 1.54) is 42.7 Å². The van der Waals surface area contributed by atoms with Crippen LogP contribution >= 0.6 is 0 Å². The van der Waals surface area contributed by atoms with Gasteiger partial charge < -0.3 is 0 Å². The van der Waals surface area contributed by atoms with Crippen LogP contribution in [0.2, 0.25) is 0 Å². The van der Waals surface area contributed by atoms with Crippen molar-refractivity contribution in [2.45, 2.75) is 51.9 Å². The third-order valence-corrected chi connectivity index (χ3v) is 4.28. The summed E-state index contributed by atoms with van der Waals surface area (Å²) in [5.74, 6) is -0.440. The zero-order valence-electron chi connectivity index (χ0n) is 14.6. The van der Waals surface area contributed by atoms with Crippen LogP contribution in [0, 0.1) is 11.6 Å². The van der Waals surface area contributed by atoms with Gasteiger partial charge in [0.25, 0.3) is 0 Å². The number of allylic oxidation sites excluding steroid dienone is 2. The van der Waals surface area contributed by atoms with Crippen molar-refractivity contribution in [3.63, 3.8) is 0 Å². The molecule has 0 atom stereocenters. The van der Waals surface area contributed by atoms with E-state index < -0.39 is 0 Å². The minimum absolute atomic E-state index is 0.0320. The normalized spacial score (nSPS) is 12.0. The fourth-order valence-electron chi connectivity index (χ4n) is 2.98. The zero-order chi connectivity index (χ0) is 17.4. The fraction of sp³-hybridized carbons (Fsp3) is 0.364. The van der Waals surface area contributed by atoms with Crippen LogP contribution in [0.3, 0.4) is 0 Å². The Balaban J connectivity index is 2.40. The van der Waals surface area contributed by atoms with Gasteiger partial charge in [-0.25, -0.2) is 8.78 Å². The second kappa shape index (κ2) is 9.36. The summed E-state index contributed by atoms with van der Waals surface area (Å²) in [4.78, 5) is 0. The maximum atomic E-state index is 13.3. The Morgan fingerprint density at radius 3 is 1.71 bits per heavy atom. The molecule has 2 aromatic rings. The Labute approximate surface area is 144 Å². The van der Waals surface area contributed by atoms with Crippen LogP contribution in [-0.2, 0) is 0 Å². The molecule has 0 fully saturated rings. The molecule has 0 saturated carbocycles. The van der Waals surface area contributed by atoms with Crippen LogP contribution in [0.15, 0.2) is 60.2 Å². The lowest BCUT2D eigenvalue weighted by molar-refractivity contribution is 0.626. The summed E-state index contributed by atoms with van der Waals surface area (Å²) in [6.45, 7) is 4.38. The summed E-state index contributed by atoms with van der Waals surface area (Å²) >= 11 is 0. The highest BCUT2D eigenvalue weighted by Gasteiger charge is 2.13. The lowest BCUT2D eigenvalue weighted by Crippen LogP contribution is -2.01. The van der Waals surface area contributed by atoms with Crippen molar-refractivity contribution < 1.29 is 8.78 Å². The van der Waals surface area contributed by atoms with E-state index in [9.17, 15) is 8.78 Å². The first kappa shape index (κ1) is 18.4. The quantitative estimate of drug-likeness (QED) is 0.457. The van der Waals surface area contributed by atoms with Gasteiger partial charge >= 0.3 is 0 Å². The number of halogens is 2. The molecular formula is C22H26F2. The third-order valence-electron chi connectivity index (χ3n) is 4.28. The molecule has 0 saturated heterocycles. The number of hydrogen-bond acceptors (Lipinski definition) is 0. The summed E-state index contributed by atoms with van der Waals surface area (Å²) < 4.78 is 26.6. The number of unbranched alkanes of at least 4 members (excludes halogenated alkanes) is 1. The SMILES string of the molecule is CCCC/C(=C/C(c1ccc(F)cc1)c1ccc(F)cc1)CCC. The van der Waals surface area contributed by atoms with E-state index in [1.54, 1.807) is 0 Å². The van der Waals surface area contributed by atoms with Crippen molar-refractivity contribution >= 4 is 0 Å². The first-order valence-electron chi connectivity index (χ1n) is 8.84. The molecule has 2 heteroatoms. The summed E-state index contributed by atoms with van der Waals surface area (Å²) in [5.41, 5.74) is 3.50. The van der Waals surface area contributed by atoms with Gasteiger partial charge in [0.15, 0.2) is 0 Å². The number of benzene rings is 2. The molecule has 128 valence electrons. The minimum atomic E-state index is -0.236. The molecule has 0 aromatic heterocycles. The third kappa shape index (κ3) is 5.30. The van der Waals surface area contributed by atoms with Crippen molar-refractivity contribution in [2.75, 3.05) is 0 Å². The summed E-state index contributed by atoms with van der Waals surface area (Å²) in [5, 5.41) is 0. The Morgan fingerprint density at radius 1 is 0.792 bits per heavy atom. The molecule has 0 unspecified atom stereocenters. The van der Waals surface area contributed by atoms with E-state index in [2.05, 4.69) is 19.9 Å². The Hall–Kier alpha value is -1.96. The van der Waals surface area contributed by atoms with Gasteiger partial charge in [-0.15, -0.1) is 0 Å². The second-order valence-electron chi connectivity index (χ2n) is 6.26. The highest BCUT2D eigenvalue weighted by atomic mass is 19.1. The van der Waals surface area contributed by atoms with E-state index in [4.69, 9.17) is 0 Å². The Morgan fingerprint density at radius 2 is 1.29 bits per heavy atom. The first-order chi connectivity index (χ1) is 11.6. The van der Waals surface area contributed by atoms with E-state index in [-0.39, 0.29) is 17.6 Å². The maximum absolute atomic E-state index is 13.3. The van der Waals surface area contributed by atoms with Gasteiger partial charge in [-0.3, -0.25) is 0 Å². The van der Waals surface area contributed by atoms with Crippen LogP contribution < -0.4 is 0 Å². The first-order valence-corrected chi connectivity index (χ1v) is 8.84. The molecule has 0 heterocycles. The minimum Gasteiger partial charge on any atom is -0.207 e. The van der Waals surface area contributed by atoms with E-state index >= 15 is 0 Å². The summed E-state index contributed by atoms with van der Waals surface area (Å²) in [6.07, 6.45) is 7.89. The van der Waals surface area contributed by atoms with E-state index in [0.29, 0.717) is 0 Å². The molecule has 0 nitrogen and oxygen atoms in total. The predicted molar refractivity (Wildman–Crippen MR) is 97.2 cm³/mol. The molecule has 0 aliphatic carbocycles. The van der Waals surface area contributed by atoms with E-state index in [1.807, 2.05) is 24.3 Å². The number of rotatable bonds is 8. The second-order valence-corrected chi connectivity index (χ2v) is 6.26. The highest BCUT2D eigenvalue weighted by molar-refractivity contribution is 5.38. The van der Waals surface area contributed by atoms with Crippen molar-refractivity contribution in [3.8, 4) is 0 Å². The molecular weight excluding hydrogens is 302 g/mol. The number of hydrogen-bond donors (Lipinski definition) is 0. The summed E-state index contributed by atoms with van der Waals surface area (Å²) in [6, 6.07) is 13.3. The van der Waals surface area contributed by atoms with Crippen LogP contribution in [-0.4, -0.2) is 0 Å². The highest BCUT2D eigenvalue weighted by Crippen LogP contribution is 2.30. The zero-order valence-corrected chi connectivity index (χ0v) is 14.6. The molecule has 0 aliphatic rings. The molecule has 24 heavy (non-hydrogen) atoms. The molecule has 0 N–H and O–H groups in total. The van der Waals surface area contributed by atoms with Gasteiger partial charge in [-0.2, -0.15) is 0 Å². The fourth-order valence-corrected chi connectivity index (χ4v) is 2.98. The van der Waals surface area contributed by atoms with Gasteiger partial charge in [-0.05, 0) is 54.7 Å². The van der Waals surface area contributed by atoms with Gasteiger partial charge in [0.05, 0.1) is 0 Å². The molecule has 0 amide bonds. The van der Waals surface area contributed by atoms with E-state index in [0.717, 1.165) is 30.4 Å². The summed E-state index contributed by atoms with van der Waals surface area (Å²) in [7, 11) is 0. The average Bonchev–Trinajstić information content (AvgIpc) is 2.59. The van der Waals surface area contributed by atoms with Gasteiger partial charge in [0, 0.05) is 5.92 Å². The van der Waals surface area contributed by atoms with Crippen molar-refractivity contribution in [3.05, 3.63) is 82.9 Å². The van der Waals surface area contributed by atoms with Crippen molar-refractivity contribution in [1.29, 1.82) is 0 Å². The van der Waals surface area contributed by atoms with Gasteiger partial charge in [-0.1, -0.05) is 62.6 Å². The van der Waals surface area contributed by atoms with Gasteiger partial charge in [0.2, 0.25) is 0 Å². The topological polar surface area (TPSA) is 0 Å². The van der Waals surface area contributed by atoms with Crippen LogP contribution in [0.4, 0.5) is 8.78 Å². The average molecular weight is 328 g/mol. The monoisotopic (exact) mass is 328 g/mol. The van der Waals surface area contributed by atoms with Crippen LogP contribution in [0.5, 0.6) is 0 Å². The van der Waals surface area contributed by atoms with Crippen LogP contribution in [0.1, 0.15) is 63.0 Å². The van der Waals surface area contributed by atoms with Gasteiger partial charge in [0.1, 0.15) is 11.6 Å². The standard InChI is InChI=1S/C22H26F2/c1-3-5-7-17(6-4-2)16-22(18-8-12-20(23)13-9-18)19-10-14-21(24)15-11-19/h8-16,22H,3-7H2,1-2H3/b17-16+. The molecule has 0 aliphatic heterocycles.